The highest BCUT2D eigenvalue weighted by Gasteiger charge is 2.50. The largest absolute Gasteiger partial charge is 0.390 e. The second kappa shape index (κ2) is 10.3. The van der Waals surface area contributed by atoms with Crippen molar-refractivity contribution in [3.63, 3.8) is 0 Å². The normalized spacial score (nSPS) is 21.0. The van der Waals surface area contributed by atoms with Crippen LogP contribution in [0.1, 0.15) is 135 Å². The first-order valence-corrected chi connectivity index (χ1v) is 14.7. The minimum absolute atomic E-state index is 0.221. The number of methoxy groups -OCH3 is 1. The number of benzene rings is 2. The van der Waals surface area contributed by atoms with Crippen molar-refractivity contribution in [1.82, 2.24) is 9.80 Å². The maximum absolute atomic E-state index is 14.1. The minimum atomic E-state index is -1.07. The number of imide groups is 2. The highest BCUT2D eigenvalue weighted by atomic mass is 16.5. The number of hydrogen-bond donors (Lipinski definition) is 1. The summed E-state index contributed by atoms with van der Waals surface area (Å²) < 4.78 is 5.79. The molecular formula is C33H44N2O6. The van der Waals surface area contributed by atoms with E-state index >= 15 is 0 Å². The van der Waals surface area contributed by atoms with Crippen LogP contribution in [-0.4, -0.2) is 67.9 Å². The second-order valence-electron chi connectivity index (χ2n) is 12.9. The fourth-order valence-electron chi connectivity index (χ4n) is 6.67. The van der Waals surface area contributed by atoms with E-state index < -0.39 is 45.9 Å². The summed E-state index contributed by atoms with van der Waals surface area (Å²) in [5.74, 6) is -1.85. The van der Waals surface area contributed by atoms with Crippen molar-refractivity contribution in [2.45, 2.75) is 116 Å². The molecule has 0 bridgehead atoms. The van der Waals surface area contributed by atoms with Gasteiger partial charge >= 0.3 is 0 Å². The van der Waals surface area contributed by atoms with E-state index in [-0.39, 0.29) is 17.5 Å². The van der Waals surface area contributed by atoms with Gasteiger partial charge in [0.05, 0.1) is 22.3 Å². The fraction of sp³-hybridized carbons (Fsp3) is 0.576. The van der Waals surface area contributed by atoms with Crippen LogP contribution in [0.2, 0.25) is 0 Å². The summed E-state index contributed by atoms with van der Waals surface area (Å²) in [4.78, 5) is 58.8. The van der Waals surface area contributed by atoms with Gasteiger partial charge in [0, 0.05) is 40.1 Å². The average molecular weight is 565 g/mol. The van der Waals surface area contributed by atoms with Crippen LogP contribution in [0.4, 0.5) is 0 Å². The molecule has 8 heteroatoms. The maximum atomic E-state index is 14.1. The van der Waals surface area contributed by atoms with E-state index in [1.54, 1.807) is 38.3 Å². The SMILES string of the molecule is CCC(C)(O)CC(C)(CC)N1C(=O)c2ccc3c4c(ccc(c24)C1=O)C(=O)N(C(C)(CC)CC(C)(CC)OC)C3=O. The van der Waals surface area contributed by atoms with Gasteiger partial charge in [0.15, 0.2) is 0 Å². The zero-order valence-corrected chi connectivity index (χ0v) is 25.9. The summed E-state index contributed by atoms with van der Waals surface area (Å²) in [7, 11) is 1.64. The molecule has 0 aromatic heterocycles. The van der Waals surface area contributed by atoms with Gasteiger partial charge in [-0.05, 0) is 90.5 Å². The highest BCUT2D eigenvalue weighted by molar-refractivity contribution is 6.33. The summed E-state index contributed by atoms with van der Waals surface area (Å²) in [5.41, 5.74) is -2.21. The second-order valence-corrected chi connectivity index (χ2v) is 12.9. The van der Waals surface area contributed by atoms with Gasteiger partial charge in [0.2, 0.25) is 0 Å². The molecule has 2 aromatic rings. The molecule has 0 saturated carbocycles. The summed E-state index contributed by atoms with van der Waals surface area (Å²) in [5, 5.41) is 11.6. The number of rotatable bonds is 11. The molecule has 4 unspecified atom stereocenters. The number of amides is 4. The molecular weight excluding hydrogens is 520 g/mol. The molecule has 0 radical (unpaired) electrons. The summed E-state index contributed by atoms with van der Waals surface area (Å²) in [6.45, 7) is 15.1. The molecule has 41 heavy (non-hydrogen) atoms. The Morgan fingerprint density at radius 3 is 1.22 bits per heavy atom. The predicted octanol–water partition coefficient (Wildman–Crippen LogP) is 6.13. The van der Waals surface area contributed by atoms with Crippen LogP contribution in [0.3, 0.4) is 0 Å². The van der Waals surface area contributed by atoms with Gasteiger partial charge < -0.3 is 9.84 Å². The third-order valence-electron chi connectivity index (χ3n) is 10.0. The van der Waals surface area contributed by atoms with Crippen molar-refractivity contribution >= 4 is 34.4 Å². The number of nitrogens with zero attached hydrogens (tertiary/aromatic N) is 2. The van der Waals surface area contributed by atoms with Crippen molar-refractivity contribution in [1.29, 1.82) is 0 Å². The van der Waals surface area contributed by atoms with Gasteiger partial charge in [-0.15, -0.1) is 0 Å². The van der Waals surface area contributed by atoms with Gasteiger partial charge in [-0.3, -0.25) is 29.0 Å². The monoisotopic (exact) mass is 564 g/mol. The van der Waals surface area contributed by atoms with E-state index in [2.05, 4.69) is 0 Å². The Bertz CT molecular complexity index is 1370. The van der Waals surface area contributed by atoms with E-state index in [0.717, 1.165) is 0 Å². The molecule has 0 spiro atoms. The van der Waals surface area contributed by atoms with E-state index in [1.165, 1.54) is 9.80 Å². The molecule has 2 aromatic carbocycles. The van der Waals surface area contributed by atoms with Crippen LogP contribution in [0.15, 0.2) is 24.3 Å². The average Bonchev–Trinajstić information content (AvgIpc) is 2.94. The van der Waals surface area contributed by atoms with Crippen LogP contribution in [0.5, 0.6) is 0 Å². The number of hydrogen-bond acceptors (Lipinski definition) is 6. The Morgan fingerprint density at radius 1 is 0.610 bits per heavy atom. The molecule has 1 N–H and O–H groups in total. The zero-order valence-electron chi connectivity index (χ0n) is 25.9. The molecule has 2 heterocycles. The van der Waals surface area contributed by atoms with Gasteiger partial charge in [0.1, 0.15) is 0 Å². The molecule has 2 aliphatic rings. The molecule has 4 atom stereocenters. The van der Waals surface area contributed by atoms with Crippen molar-refractivity contribution in [2.24, 2.45) is 0 Å². The molecule has 222 valence electrons. The molecule has 4 rings (SSSR count). The van der Waals surface area contributed by atoms with E-state index in [4.69, 9.17) is 4.74 Å². The first-order chi connectivity index (χ1) is 19.1. The number of carbonyl (C=O) groups is 4. The first-order valence-electron chi connectivity index (χ1n) is 14.7. The lowest BCUT2D eigenvalue weighted by molar-refractivity contribution is -0.0419. The van der Waals surface area contributed by atoms with Crippen molar-refractivity contribution in [3.05, 3.63) is 46.5 Å². The van der Waals surface area contributed by atoms with Crippen LogP contribution >= 0.6 is 0 Å². The minimum Gasteiger partial charge on any atom is -0.390 e. The first kappa shape index (κ1) is 30.8. The lowest BCUT2D eigenvalue weighted by Crippen LogP contribution is -2.58. The Labute approximate surface area is 243 Å². The lowest BCUT2D eigenvalue weighted by Gasteiger charge is -2.47. The van der Waals surface area contributed by atoms with Crippen LogP contribution in [-0.2, 0) is 4.74 Å². The van der Waals surface area contributed by atoms with Crippen molar-refractivity contribution in [2.75, 3.05) is 7.11 Å². The molecule has 0 saturated heterocycles. The Kier molecular flexibility index (Phi) is 7.76. The fourth-order valence-corrected chi connectivity index (χ4v) is 6.67. The summed E-state index contributed by atoms with van der Waals surface area (Å²) in [6, 6.07) is 6.41. The third kappa shape index (κ3) is 4.69. The Balaban J connectivity index is 1.87. The van der Waals surface area contributed by atoms with Gasteiger partial charge in [-0.1, -0.05) is 27.7 Å². The standard InChI is InChI=1S/C33H44N2O6/c1-10-30(5,18-32(7,40)12-3)34-26(36)20-14-16-22-25-23(17-15-21(24(20)25)27(34)37)29(39)35(28(22)38)31(6,11-2)19-33(8,13-4)41-9/h14-17,40H,10-13,18-19H2,1-9H3. The van der Waals surface area contributed by atoms with Crippen LogP contribution in [0, 0.1) is 0 Å². The Morgan fingerprint density at radius 2 is 0.951 bits per heavy atom. The van der Waals surface area contributed by atoms with Gasteiger partial charge in [-0.25, -0.2) is 0 Å². The van der Waals surface area contributed by atoms with Crippen molar-refractivity contribution < 1.29 is 29.0 Å². The molecule has 0 aliphatic carbocycles. The van der Waals surface area contributed by atoms with Gasteiger partial charge in [-0.2, -0.15) is 0 Å². The van der Waals surface area contributed by atoms with E-state index in [0.29, 0.717) is 54.0 Å². The quantitative estimate of drug-likeness (QED) is 0.330. The van der Waals surface area contributed by atoms with Crippen LogP contribution in [0.25, 0.3) is 10.8 Å². The number of carbonyl (C=O) groups excluding carboxylic acids is 4. The smallest absolute Gasteiger partial charge is 0.261 e. The topological polar surface area (TPSA) is 104 Å². The summed E-state index contributed by atoms with van der Waals surface area (Å²) >= 11 is 0. The number of ether oxygens (including phenoxy) is 1. The van der Waals surface area contributed by atoms with E-state index in [1.807, 2.05) is 48.5 Å². The van der Waals surface area contributed by atoms with E-state index in [9.17, 15) is 24.3 Å². The molecule has 0 fully saturated rings. The maximum Gasteiger partial charge on any atom is 0.261 e. The third-order valence-corrected chi connectivity index (χ3v) is 10.0. The lowest BCUT2D eigenvalue weighted by atomic mass is 9.77. The number of aliphatic hydroxyl groups is 1. The molecule has 8 nitrogen and oxygen atoms in total. The van der Waals surface area contributed by atoms with Gasteiger partial charge in [0.25, 0.3) is 23.6 Å². The van der Waals surface area contributed by atoms with Crippen LogP contribution < -0.4 is 0 Å². The van der Waals surface area contributed by atoms with Crippen molar-refractivity contribution in [3.8, 4) is 0 Å². The highest BCUT2D eigenvalue weighted by Crippen LogP contribution is 2.44. The summed E-state index contributed by atoms with van der Waals surface area (Å²) in [6.07, 6.45) is 2.84. The predicted molar refractivity (Wildman–Crippen MR) is 158 cm³/mol. The molecule has 2 aliphatic heterocycles. The Hall–Kier alpha value is -3.10. The molecule has 4 amide bonds. The zero-order chi connectivity index (χ0) is 30.7.